The van der Waals surface area contributed by atoms with Crippen molar-refractivity contribution in [3.8, 4) is 11.5 Å². The van der Waals surface area contributed by atoms with Gasteiger partial charge in [-0.1, -0.05) is 0 Å². The van der Waals surface area contributed by atoms with E-state index in [1.807, 2.05) is 0 Å². The normalized spacial score (nSPS) is 12.6. The molecule has 0 aliphatic rings. The molecule has 1 rings (SSSR count). The maximum absolute atomic E-state index is 13.3. The van der Waals surface area contributed by atoms with Crippen molar-refractivity contribution in [2.45, 2.75) is 19.4 Å². The summed E-state index contributed by atoms with van der Waals surface area (Å²) >= 11 is 0. The van der Waals surface area contributed by atoms with Crippen LogP contribution < -0.4 is 10.5 Å². The summed E-state index contributed by atoms with van der Waals surface area (Å²) in [4.78, 5) is 0. The maximum atomic E-state index is 13.3. The number of rotatable bonds is 3. The van der Waals surface area contributed by atoms with Crippen molar-refractivity contribution in [2.24, 2.45) is 5.73 Å². The molecule has 1 aromatic carbocycles. The zero-order valence-corrected chi connectivity index (χ0v) is 8.25. The van der Waals surface area contributed by atoms with E-state index >= 15 is 0 Å². The van der Waals surface area contributed by atoms with Gasteiger partial charge in [-0.3, -0.25) is 0 Å². The number of hydrogen-bond acceptors (Lipinski definition) is 3. The Kier molecular flexibility index (Phi) is 3.30. The smallest absolute Gasteiger partial charge is 0.160 e. The summed E-state index contributed by atoms with van der Waals surface area (Å²) in [5.74, 6) is -0.388. The fourth-order valence-corrected chi connectivity index (χ4v) is 1.25. The van der Waals surface area contributed by atoms with Crippen LogP contribution >= 0.6 is 0 Å². The average molecular weight is 199 g/mol. The predicted octanol–water partition coefficient (Wildman–Crippen LogP) is 1.43. The van der Waals surface area contributed by atoms with Gasteiger partial charge >= 0.3 is 0 Å². The zero-order valence-electron chi connectivity index (χ0n) is 8.25. The van der Waals surface area contributed by atoms with E-state index in [9.17, 15) is 9.50 Å². The first-order valence-electron chi connectivity index (χ1n) is 4.35. The Morgan fingerprint density at radius 3 is 2.71 bits per heavy atom. The fourth-order valence-electron chi connectivity index (χ4n) is 1.25. The Hall–Kier alpha value is -1.29. The van der Waals surface area contributed by atoms with E-state index in [4.69, 9.17) is 10.5 Å². The number of halogens is 1. The largest absolute Gasteiger partial charge is 0.504 e. The van der Waals surface area contributed by atoms with Gasteiger partial charge < -0.3 is 15.6 Å². The lowest BCUT2D eigenvalue weighted by atomic mass is 10.1. The van der Waals surface area contributed by atoms with Crippen LogP contribution in [0.1, 0.15) is 12.5 Å². The van der Waals surface area contributed by atoms with E-state index in [-0.39, 0.29) is 17.5 Å². The van der Waals surface area contributed by atoms with Gasteiger partial charge in [0, 0.05) is 12.1 Å². The average Bonchev–Trinajstić information content (AvgIpc) is 2.09. The summed E-state index contributed by atoms with van der Waals surface area (Å²) in [5, 5.41) is 9.25. The Labute approximate surface area is 82.3 Å². The predicted molar refractivity (Wildman–Crippen MR) is 52.0 cm³/mol. The van der Waals surface area contributed by atoms with Crippen LogP contribution in [0.3, 0.4) is 0 Å². The number of benzene rings is 1. The molecule has 0 fully saturated rings. The third kappa shape index (κ3) is 2.35. The molecule has 0 spiro atoms. The van der Waals surface area contributed by atoms with Crippen molar-refractivity contribution < 1.29 is 14.2 Å². The summed E-state index contributed by atoms with van der Waals surface area (Å²) < 4.78 is 18.1. The SMILES string of the molecule is COc1cc(CC(C)N)c(F)cc1O. The molecule has 0 aromatic heterocycles. The molecule has 0 heterocycles. The first-order valence-corrected chi connectivity index (χ1v) is 4.35. The van der Waals surface area contributed by atoms with Crippen molar-refractivity contribution in [1.82, 2.24) is 0 Å². The van der Waals surface area contributed by atoms with Crippen LogP contribution in [0.4, 0.5) is 4.39 Å². The van der Waals surface area contributed by atoms with E-state index in [1.165, 1.54) is 13.2 Å². The highest BCUT2D eigenvalue weighted by molar-refractivity contribution is 5.42. The summed E-state index contributed by atoms with van der Waals surface area (Å²) in [6, 6.07) is 2.38. The second-order valence-electron chi connectivity index (χ2n) is 3.30. The molecule has 0 amide bonds. The van der Waals surface area contributed by atoms with Gasteiger partial charge in [-0.2, -0.15) is 0 Å². The van der Waals surface area contributed by atoms with E-state index in [0.29, 0.717) is 12.0 Å². The van der Waals surface area contributed by atoms with Gasteiger partial charge in [0.15, 0.2) is 11.5 Å². The molecule has 0 aliphatic heterocycles. The lowest BCUT2D eigenvalue weighted by Crippen LogP contribution is -2.18. The molecule has 3 nitrogen and oxygen atoms in total. The lowest BCUT2D eigenvalue weighted by Gasteiger charge is -2.09. The van der Waals surface area contributed by atoms with Gasteiger partial charge in [-0.15, -0.1) is 0 Å². The molecular weight excluding hydrogens is 185 g/mol. The molecule has 0 radical (unpaired) electrons. The molecule has 4 heteroatoms. The van der Waals surface area contributed by atoms with Crippen LogP contribution in [0.2, 0.25) is 0 Å². The minimum Gasteiger partial charge on any atom is -0.504 e. The van der Waals surface area contributed by atoms with Gasteiger partial charge in [-0.25, -0.2) is 4.39 Å². The van der Waals surface area contributed by atoms with Crippen LogP contribution in [0.5, 0.6) is 11.5 Å². The Balaban J connectivity index is 3.04. The number of phenols is 1. The molecule has 3 N–H and O–H groups in total. The maximum Gasteiger partial charge on any atom is 0.160 e. The van der Waals surface area contributed by atoms with Gasteiger partial charge in [-0.05, 0) is 25.0 Å². The minimum atomic E-state index is -0.458. The van der Waals surface area contributed by atoms with E-state index < -0.39 is 5.82 Å². The van der Waals surface area contributed by atoms with E-state index in [2.05, 4.69) is 0 Å². The number of nitrogens with two attached hydrogens (primary N) is 1. The van der Waals surface area contributed by atoms with Gasteiger partial charge in [0.1, 0.15) is 5.82 Å². The van der Waals surface area contributed by atoms with Crippen molar-refractivity contribution in [2.75, 3.05) is 7.11 Å². The van der Waals surface area contributed by atoms with Crippen LogP contribution in [0.15, 0.2) is 12.1 Å². The van der Waals surface area contributed by atoms with E-state index in [1.54, 1.807) is 6.92 Å². The zero-order chi connectivity index (χ0) is 10.7. The van der Waals surface area contributed by atoms with Crippen LogP contribution in [0.25, 0.3) is 0 Å². The third-order valence-electron chi connectivity index (χ3n) is 1.89. The fraction of sp³-hybridized carbons (Fsp3) is 0.400. The Bertz CT molecular complexity index is 326. The quantitative estimate of drug-likeness (QED) is 0.774. The second-order valence-corrected chi connectivity index (χ2v) is 3.30. The first-order chi connectivity index (χ1) is 6.54. The highest BCUT2D eigenvalue weighted by Crippen LogP contribution is 2.28. The van der Waals surface area contributed by atoms with Gasteiger partial charge in [0.2, 0.25) is 0 Å². The molecule has 1 aromatic rings. The summed E-state index contributed by atoms with van der Waals surface area (Å²) in [5.41, 5.74) is 6.01. The van der Waals surface area contributed by atoms with Crippen molar-refractivity contribution in [3.05, 3.63) is 23.5 Å². The monoisotopic (exact) mass is 199 g/mol. The third-order valence-corrected chi connectivity index (χ3v) is 1.89. The van der Waals surface area contributed by atoms with Crippen molar-refractivity contribution in [3.63, 3.8) is 0 Å². The van der Waals surface area contributed by atoms with E-state index in [0.717, 1.165) is 6.07 Å². The first kappa shape index (κ1) is 10.8. The molecule has 14 heavy (non-hydrogen) atoms. The Morgan fingerprint density at radius 1 is 1.57 bits per heavy atom. The Morgan fingerprint density at radius 2 is 2.21 bits per heavy atom. The van der Waals surface area contributed by atoms with Gasteiger partial charge in [0.25, 0.3) is 0 Å². The van der Waals surface area contributed by atoms with Crippen LogP contribution in [-0.4, -0.2) is 18.3 Å². The van der Waals surface area contributed by atoms with Crippen LogP contribution in [0, 0.1) is 5.82 Å². The minimum absolute atomic E-state index is 0.126. The molecular formula is C10H14FNO2. The summed E-state index contributed by atoms with van der Waals surface area (Å²) in [6.07, 6.45) is 0.419. The number of hydrogen-bond donors (Lipinski definition) is 2. The van der Waals surface area contributed by atoms with Crippen LogP contribution in [-0.2, 0) is 6.42 Å². The van der Waals surface area contributed by atoms with Crippen molar-refractivity contribution in [1.29, 1.82) is 0 Å². The second kappa shape index (κ2) is 4.28. The number of methoxy groups -OCH3 is 1. The number of phenolic OH excluding ortho intramolecular Hbond substituents is 1. The molecule has 1 atom stereocenters. The highest BCUT2D eigenvalue weighted by Gasteiger charge is 2.10. The molecule has 0 saturated carbocycles. The van der Waals surface area contributed by atoms with Crippen molar-refractivity contribution >= 4 is 0 Å². The summed E-state index contributed by atoms with van der Waals surface area (Å²) in [7, 11) is 1.42. The number of ether oxygens (including phenoxy) is 1. The molecule has 0 aliphatic carbocycles. The molecule has 0 saturated heterocycles. The summed E-state index contributed by atoms with van der Waals surface area (Å²) in [6.45, 7) is 1.79. The van der Waals surface area contributed by atoms with Gasteiger partial charge in [0.05, 0.1) is 7.11 Å². The molecule has 78 valence electrons. The topological polar surface area (TPSA) is 55.5 Å². The molecule has 1 unspecified atom stereocenters. The highest BCUT2D eigenvalue weighted by atomic mass is 19.1. The molecule has 0 bridgehead atoms. The standard InChI is InChI=1S/C10H14FNO2/c1-6(12)3-7-4-10(14-2)9(13)5-8(7)11/h4-6,13H,3,12H2,1-2H3. The number of aromatic hydroxyl groups is 1. The lowest BCUT2D eigenvalue weighted by molar-refractivity contribution is 0.369.